The Labute approximate surface area is 176 Å². The van der Waals surface area contributed by atoms with Crippen molar-refractivity contribution in [3.05, 3.63) is 54.6 Å². The van der Waals surface area contributed by atoms with E-state index in [0.717, 1.165) is 0 Å². The van der Waals surface area contributed by atoms with Gasteiger partial charge in [-0.1, -0.05) is 18.2 Å². The van der Waals surface area contributed by atoms with Crippen molar-refractivity contribution in [1.82, 2.24) is 15.5 Å². The number of hydrogen-bond acceptors (Lipinski definition) is 6. The third-order valence-electron chi connectivity index (χ3n) is 4.65. The van der Waals surface area contributed by atoms with Crippen molar-refractivity contribution in [1.29, 1.82) is 0 Å². The van der Waals surface area contributed by atoms with E-state index >= 15 is 0 Å². The molecule has 1 amide bonds. The SMILES string of the molecule is Cl.O=C(CC1(NS(=O)(=O)c2ccc(Oc3ccccc3)cc2)CCNCC1)NO. The fraction of sp³-hybridized carbons (Fsp3) is 0.316. The van der Waals surface area contributed by atoms with Gasteiger partial charge in [-0.05, 0) is 62.3 Å². The van der Waals surface area contributed by atoms with Gasteiger partial charge in [0.2, 0.25) is 15.9 Å². The van der Waals surface area contributed by atoms with Gasteiger partial charge < -0.3 is 10.1 Å². The van der Waals surface area contributed by atoms with E-state index in [9.17, 15) is 13.2 Å². The van der Waals surface area contributed by atoms with Gasteiger partial charge in [0.1, 0.15) is 11.5 Å². The minimum absolute atomic E-state index is 0. The van der Waals surface area contributed by atoms with E-state index in [1.807, 2.05) is 18.2 Å². The van der Waals surface area contributed by atoms with Gasteiger partial charge in [-0.25, -0.2) is 18.6 Å². The minimum Gasteiger partial charge on any atom is -0.457 e. The summed E-state index contributed by atoms with van der Waals surface area (Å²) in [5.41, 5.74) is 0.634. The number of hydrogen-bond donors (Lipinski definition) is 4. The summed E-state index contributed by atoms with van der Waals surface area (Å²) in [4.78, 5) is 11.8. The number of nitrogens with one attached hydrogen (secondary N) is 3. The number of carbonyl (C=O) groups excluding carboxylic acids is 1. The molecule has 8 nitrogen and oxygen atoms in total. The molecule has 1 aliphatic rings. The predicted molar refractivity (Wildman–Crippen MR) is 110 cm³/mol. The molecule has 1 heterocycles. The molecule has 2 aromatic carbocycles. The van der Waals surface area contributed by atoms with Crippen molar-refractivity contribution in [3.63, 3.8) is 0 Å². The standard InChI is InChI=1S/C19H23N3O5S.ClH/c23-18(21-24)14-19(10-12-20-13-11-19)22-28(25,26)17-8-6-16(7-9-17)27-15-4-2-1-3-5-15;/h1-9,20,22,24H,10-14H2,(H,21,23);1H. The van der Waals surface area contributed by atoms with Crippen LogP contribution in [0, 0.1) is 0 Å². The Morgan fingerprint density at radius 2 is 1.62 bits per heavy atom. The van der Waals surface area contributed by atoms with Crippen LogP contribution >= 0.6 is 12.4 Å². The van der Waals surface area contributed by atoms with Gasteiger partial charge in [0, 0.05) is 12.0 Å². The van der Waals surface area contributed by atoms with Crippen LogP contribution in [0.1, 0.15) is 19.3 Å². The molecule has 10 heteroatoms. The zero-order valence-corrected chi connectivity index (χ0v) is 17.3. The topological polar surface area (TPSA) is 117 Å². The summed E-state index contributed by atoms with van der Waals surface area (Å²) in [5, 5.41) is 12.0. The summed E-state index contributed by atoms with van der Waals surface area (Å²) in [6, 6.07) is 15.3. The molecule has 1 fully saturated rings. The maximum atomic E-state index is 12.9. The number of sulfonamides is 1. The van der Waals surface area contributed by atoms with Gasteiger partial charge >= 0.3 is 0 Å². The molecular weight excluding hydrogens is 418 g/mol. The van der Waals surface area contributed by atoms with E-state index in [2.05, 4.69) is 10.0 Å². The molecule has 0 unspecified atom stereocenters. The number of benzene rings is 2. The molecule has 3 rings (SSSR count). The second-order valence-electron chi connectivity index (χ2n) is 6.73. The number of rotatable bonds is 7. The molecule has 0 spiro atoms. The zero-order valence-electron chi connectivity index (χ0n) is 15.6. The summed E-state index contributed by atoms with van der Waals surface area (Å²) in [5.74, 6) is 0.539. The van der Waals surface area contributed by atoms with Crippen molar-refractivity contribution in [2.45, 2.75) is 29.7 Å². The maximum Gasteiger partial charge on any atom is 0.245 e. The molecule has 0 atom stereocenters. The Bertz CT molecular complexity index is 901. The fourth-order valence-electron chi connectivity index (χ4n) is 3.22. The minimum atomic E-state index is -3.86. The summed E-state index contributed by atoms with van der Waals surface area (Å²) in [6.07, 6.45) is 0.739. The summed E-state index contributed by atoms with van der Waals surface area (Å²) < 4.78 is 34.1. The van der Waals surface area contributed by atoms with E-state index < -0.39 is 21.5 Å². The third-order valence-corrected chi connectivity index (χ3v) is 6.24. The molecule has 0 radical (unpaired) electrons. The first-order valence-corrected chi connectivity index (χ1v) is 10.4. The number of piperidine rings is 1. The predicted octanol–water partition coefficient (Wildman–Crippen LogP) is 2.20. The highest BCUT2D eigenvalue weighted by molar-refractivity contribution is 7.89. The highest BCUT2D eigenvalue weighted by Gasteiger charge is 2.38. The van der Waals surface area contributed by atoms with Crippen LogP contribution in [-0.2, 0) is 14.8 Å². The van der Waals surface area contributed by atoms with Crippen LogP contribution in [0.5, 0.6) is 11.5 Å². The first-order valence-electron chi connectivity index (χ1n) is 8.93. The lowest BCUT2D eigenvalue weighted by Gasteiger charge is -2.37. The summed E-state index contributed by atoms with van der Waals surface area (Å²) >= 11 is 0. The van der Waals surface area contributed by atoms with Crippen molar-refractivity contribution >= 4 is 28.3 Å². The largest absolute Gasteiger partial charge is 0.457 e. The molecule has 158 valence electrons. The number of ether oxygens (including phenoxy) is 1. The van der Waals surface area contributed by atoms with Crippen LogP contribution < -0.4 is 20.3 Å². The van der Waals surface area contributed by atoms with E-state index in [4.69, 9.17) is 9.94 Å². The molecule has 0 saturated carbocycles. The van der Waals surface area contributed by atoms with Crippen LogP contribution in [0.2, 0.25) is 0 Å². The quantitative estimate of drug-likeness (QED) is 0.386. The number of hydroxylamine groups is 1. The molecule has 4 N–H and O–H groups in total. The molecular formula is C19H24ClN3O5S. The zero-order chi connectivity index (χ0) is 20.0. The Balaban J connectivity index is 0.00000300. The average molecular weight is 442 g/mol. The Kier molecular flexibility index (Phi) is 8.00. The molecule has 1 saturated heterocycles. The monoisotopic (exact) mass is 441 g/mol. The van der Waals surface area contributed by atoms with Crippen molar-refractivity contribution in [2.24, 2.45) is 0 Å². The van der Waals surface area contributed by atoms with Crippen LogP contribution in [0.4, 0.5) is 0 Å². The normalized spacial score (nSPS) is 15.8. The number of amides is 1. The fourth-order valence-corrected chi connectivity index (χ4v) is 4.68. The highest BCUT2D eigenvalue weighted by atomic mass is 35.5. The Morgan fingerprint density at radius 3 is 2.21 bits per heavy atom. The van der Waals surface area contributed by atoms with E-state index in [1.54, 1.807) is 29.7 Å². The van der Waals surface area contributed by atoms with E-state index in [1.165, 1.54) is 12.1 Å². The van der Waals surface area contributed by atoms with Gasteiger partial charge in [0.05, 0.1) is 4.90 Å². The second-order valence-corrected chi connectivity index (χ2v) is 8.42. The molecule has 0 aromatic heterocycles. The lowest BCUT2D eigenvalue weighted by Crippen LogP contribution is -2.56. The van der Waals surface area contributed by atoms with Gasteiger partial charge in [0.25, 0.3) is 0 Å². The highest BCUT2D eigenvalue weighted by Crippen LogP contribution is 2.27. The van der Waals surface area contributed by atoms with Gasteiger partial charge in [-0.15, -0.1) is 12.4 Å². The third kappa shape index (κ3) is 6.15. The second kappa shape index (κ2) is 10.0. The molecule has 2 aromatic rings. The van der Waals surface area contributed by atoms with Crippen LogP contribution in [-0.4, -0.2) is 38.2 Å². The Hall–Kier alpha value is -2.17. The van der Waals surface area contributed by atoms with Crippen LogP contribution in [0.25, 0.3) is 0 Å². The van der Waals surface area contributed by atoms with Crippen molar-refractivity contribution in [2.75, 3.05) is 13.1 Å². The number of carbonyl (C=O) groups is 1. The molecule has 1 aliphatic heterocycles. The van der Waals surface area contributed by atoms with Crippen LogP contribution in [0.15, 0.2) is 59.5 Å². The van der Waals surface area contributed by atoms with Crippen LogP contribution in [0.3, 0.4) is 0 Å². The first-order chi connectivity index (χ1) is 13.4. The number of halogens is 1. The van der Waals surface area contributed by atoms with Crippen molar-refractivity contribution in [3.8, 4) is 11.5 Å². The average Bonchev–Trinajstić information content (AvgIpc) is 2.69. The summed E-state index contributed by atoms with van der Waals surface area (Å²) in [7, 11) is -3.86. The first kappa shape index (κ1) is 23.1. The lowest BCUT2D eigenvalue weighted by molar-refractivity contribution is -0.130. The smallest absolute Gasteiger partial charge is 0.245 e. The van der Waals surface area contributed by atoms with Gasteiger partial charge in [-0.3, -0.25) is 10.0 Å². The van der Waals surface area contributed by atoms with Gasteiger partial charge in [-0.2, -0.15) is 0 Å². The van der Waals surface area contributed by atoms with E-state index in [0.29, 0.717) is 37.4 Å². The maximum absolute atomic E-state index is 12.9. The number of para-hydroxylation sites is 1. The molecule has 29 heavy (non-hydrogen) atoms. The molecule has 0 aliphatic carbocycles. The Morgan fingerprint density at radius 1 is 1.03 bits per heavy atom. The lowest BCUT2D eigenvalue weighted by atomic mass is 9.86. The van der Waals surface area contributed by atoms with Gasteiger partial charge in [0.15, 0.2) is 0 Å². The summed E-state index contributed by atoms with van der Waals surface area (Å²) in [6.45, 7) is 1.15. The molecule has 0 bridgehead atoms. The van der Waals surface area contributed by atoms with E-state index in [-0.39, 0.29) is 23.7 Å². The van der Waals surface area contributed by atoms with Crippen molar-refractivity contribution < 1.29 is 23.2 Å².